The van der Waals surface area contributed by atoms with Crippen LogP contribution in [0.4, 0.5) is 0 Å². The summed E-state index contributed by atoms with van der Waals surface area (Å²) in [6.07, 6.45) is 37.6. The number of ether oxygens (including phenoxy) is 3. The van der Waals surface area contributed by atoms with E-state index in [2.05, 4.69) is 37.5 Å². The lowest BCUT2D eigenvalue weighted by molar-refractivity contribution is -0.306. The number of fused-ring (bicyclic) bond motifs is 4. The largest absolute Gasteiger partial charge is 0.429 e. The van der Waals surface area contributed by atoms with Gasteiger partial charge in [-0.2, -0.15) is 0 Å². The van der Waals surface area contributed by atoms with Gasteiger partial charge in [-0.1, -0.05) is 182 Å². The maximum absolute atomic E-state index is 6.83. The molecule has 0 aromatic heterocycles. The van der Waals surface area contributed by atoms with Crippen LogP contribution in [0.15, 0.2) is 24.3 Å². The molecule has 1 aromatic rings. The van der Waals surface area contributed by atoms with Gasteiger partial charge in [-0.15, -0.1) is 0 Å². The first kappa shape index (κ1) is 45.9. The van der Waals surface area contributed by atoms with E-state index in [9.17, 15) is 0 Å². The molecule has 0 saturated carbocycles. The van der Waals surface area contributed by atoms with Crippen LogP contribution in [0.3, 0.4) is 0 Å². The van der Waals surface area contributed by atoms with Gasteiger partial charge in [0, 0.05) is 6.54 Å². The van der Waals surface area contributed by atoms with Gasteiger partial charge in [0.05, 0.1) is 6.61 Å². The van der Waals surface area contributed by atoms with Crippen molar-refractivity contribution < 1.29 is 14.2 Å². The smallest absolute Gasteiger partial charge is 0.385 e. The summed E-state index contributed by atoms with van der Waals surface area (Å²) in [7, 11) is 0. The molecule has 0 spiro atoms. The van der Waals surface area contributed by atoms with Gasteiger partial charge in [-0.25, -0.2) is 0 Å². The molecule has 0 saturated heterocycles. The Labute approximate surface area is 318 Å². The van der Waals surface area contributed by atoms with Crippen molar-refractivity contribution in [1.29, 1.82) is 0 Å². The summed E-state index contributed by atoms with van der Waals surface area (Å²) >= 11 is 0. The summed E-state index contributed by atoms with van der Waals surface area (Å²) < 4.78 is 20.1. The fourth-order valence-electron chi connectivity index (χ4n) is 7.50. The molecule has 0 radical (unpaired) electrons. The van der Waals surface area contributed by atoms with Gasteiger partial charge in [0.1, 0.15) is 18.0 Å². The van der Waals surface area contributed by atoms with Gasteiger partial charge >= 0.3 is 5.97 Å². The van der Waals surface area contributed by atoms with Gasteiger partial charge in [0.15, 0.2) is 0 Å². The van der Waals surface area contributed by atoms with Crippen LogP contribution in [-0.2, 0) is 4.74 Å². The Morgan fingerprint density at radius 3 is 1.02 bits per heavy atom. The Morgan fingerprint density at radius 1 is 0.392 bits per heavy atom. The minimum absolute atomic E-state index is 0.621. The Balaban J connectivity index is 2.01. The highest BCUT2D eigenvalue weighted by Crippen LogP contribution is 2.32. The summed E-state index contributed by atoms with van der Waals surface area (Å²) in [6.45, 7) is 15.9. The minimum atomic E-state index is -1.11. The van der Waals surface area contributed by atoms with Gasteiger partial charge in [-0.05, 0) is 76.1 Å². The molecule has 2 aliphatic heterocycles. The summed E-state index contributed by atoms with van der Waals surface area (Å²) in [5, 5.41) is 0. The van der Waals surface area contributed by atoms with Gasteiger partial charge in [0.25, 0.3) is 0 Å². The normalized spacial score (nSPS) is 13.6. The second kappa shape index (κ2) is 32.2. The Bertz CT molecular complexity index is 817. The first-order chi connectivity index (χ1) is 25.1. The summed E-state index contributed by atoms with van der Waals surface area (Å²) in [5.41, 5.74) is 0. The number of hydrogen-bond donors (Lipinski definition) is 0. The molecule has 51 heavy (non-hydrogen) atoms. The van der Waals surface area contributed by atoms with E-state index in [-0.39, 0.29) is 0 Å². The van der Waals surface area contributed by atoms with Crippen LogP contribution >= 0.6 is 0 Å². The number of rotatable bonds is 38. The van der Waals surface area contributed by atoms with Crippen LogP contribution in [0.2, 0.25) is 0 Å². The van der Waals surface area contributed by atoms with Crippen LogP contribution in [-0.4, -0.2) is 61.6 Å². The Morgan fingerprint density at radius 2 is 0.686 bits per heavy atom. The predicted molar refractivity (Wildman–Crippen MR) is 221 cm³/mol. The lowest BCUT2D eigenvalue weighted by atomic mass is 10.1. The van der Waals surface area contributed by atoms with Crippen molar-refractivity contribution >= 4 is 0 Å². The molecule has 5 nitrogen and oxygen atoms in total. The van der Waals surface area contributed by atoms with E-state index in [1.807, 2.05) is 24.3 Å². The molecule has 2 aliphatic rings. The third-order valence-electron chi connectivity index (χ3n) is 10.8. The number of unbranched alkanes of at least 4 members (excludes halogenated alkanes) is 24. The first-order valence-electron chi connectivity index (χ1n) is 22.7. The topological polar surface area (TPSA) is 34.2 Å². The van der Waals surface area contributed by atoms with E-state index >= 15 is 0 Å². The van der Waals surface area contributed by atoms with Crippen molar-refractivity contribution in [2.75, 3.05) is 45.9 Å². The second-order valence-corrected chi connectivity index (χ2v) is 15.8. The molecule has 2 bridgehead atoms. The van der Waals surface area contributed by atoms with Crippen molar-refractivity contribution in [3.8, 4) is 11.5 Å². The third kappa shape index (κ3) is 23.9. The molecule has 0 amide bonds. The van der Waals surface area contributed by atoms with Gasteiger partial charge < -0.3 is 19.1 Å². The lowest BCUT2D eigenvalue weighted by Gasteiger charge is -2.37. The molecule has 2 heterocycles. The van der Waals surface area contributed by atoms with E-state index < -0.39 is 5.97 Å². The summed E-state index contributed by atoms with van der Waals surface area (Å²) in [6, 6.07) is 8.13. The highest BCUT2D eigenvalue weighted by atomic mass is 16.9. The zero-order valence-corrected chi connectivity index (χ0v) is 34.7. The average Bonchev–Trinajstić information content (AvgIpc) is 3.42. The van der Waals surface area contributed by atoms with E-state index in [0.29, 0.717) is 13.2 Å². The van der Waals surface area contributed by atoms with Crippen LogP contribution in [0.5, 0.6) is 11.5 Å². The zero-order chi connectivity index (χ0) is 36.5. The van der Waals surface area contributed by atoms with Crippen LogP contribution < -0.4 is 9.47 Å². The Kier molecular flexibility index (Phi) is 28.9. The summed E-state index contributed by atoms with van der Waals surface area (Å²) in [5.74, 6) is 0.571. The van der Waals surface area contributed by atoms with E-state index in [1.54, 1.807) is 0 Å². The molecule has 298 valence electrons. The molecular weight excluding hydrogens is 629 g/mol. The van der Waals surface area contributed by atoms with E-state index in [4.69, 9.17) is 14.2 Å². The fraction of sp³-hybridized carbons (Fsp3) is 0.870. The van der Waals surface area contributed by atoms with Crippen LogP contribution in [0, 0.1) is 0 Å². The number of hydrogen-bond acceptors (Lipinski definition) is 5. The molecule has 0 unspecified atom stereocenters. The lowest BCUT2D eigenvalue weighted by Crippen LogP contribution is -2.54. The molecule has 3 rings (SSSR count). The minimum Gasteiger partial charge on any atom is -0.429 e. The molecule has 0 fully saturated rings. The zero-order valence-electron chi connectivity index (χ0n) is 34.7. The average molecular weight is 715 g/mol. The van der Waals surface area contributed by atoms with Gasteiger partial charge in [0.2, 0.25) is 0 Å². The third-order valence-corrected chi connectivity index (χ3v) is 10.8. The number of benzene rings is 1. The van der Waals surface area contributed by atoms with Crippen LogP contribution in [0.25, 0.3) is 0 Å². The highest BCUT2D eigenvalue weighted by Gasteiger charge is 2.41. The van der Waals surface area contributed by atoms with Crippen molar-refractivity contribution in [2.24, 2.45) is 0 Å². The van der Waals surface area contributed by atoms with Gasteiger partial charge in [-0.3, -0.25) is 4.90 Å². The van der Waals surface area contributed by atoms with E-state index in [1.165, 1.54) is 193 Å². The summed E-state index contributed by atoms with van der Waals surface area (Å²) in [4.78, 5) is 5.27. The molecule has 0 aliphatic carbocycles. The molecule has 0 atom stereocenters. The SMILES string of the molecule is CCCCCCCCCN(CCCCCCCCC)CCOC1(CN(CCCCCCCCC)CCCCCCCCC)Oc2ccc(cc2)O1. The molecule has 5 heteroatoms. The van der Waals surface area contributed by atoms with Crippen molar-refractivity contribution in [1.82, 2.24) is 9.80 Å². The van der Waals surface area contributed by atoms with E-state index in [0.717, 1.165) is 31.1 Å². The van der Waals surface area contributed by atoms with Crippen LogP contribution in [0.1, 0.15) is 207 Å². The molecule has 0 N–H and O–H groups in total. The molecular formula is C46H86N2O3. The Hall–Kier alpha value is -1.30. The quantitative estimate of drug-likeness (QED) is 0.0637. The first-order valence-corrected chi connectivity index (χ1v) is 22.7. The standard InChI is InChI=1S/C46H86N2O3/c1-5-9-13-17-21-25-29-37-47(38-30-26-22-18-14-10-6-2)41-42-49-46(50-44-33-34-45(51-46)36-35-44)43-48(39-31-27-23-19-15-11-7-3)40-32-28-24-20-16-12-8-4/h33-36H,5-32,37-43H2,1-4H3. The maximum atomic E-state index is 6.83. The maximum Gasteiger partial charge on any atom is 0.385 e. The predicted octanol–water partition coefficient (Wildman–Crippen LogP) is 13.7. The second-order valence-electron chi connectivity index (χ2n) is 15.8. The molecule has 1 aromatic carbocycles. The number of nitrogens with zero attached hydrogens (tertiary/aromatic N) is 2. The van der Waals surface area contributed by atoms with Crippen molar-refractivity contribution in [3.63, 3.8) is 0 Å². The van der Waals surface area contributed by atoms with Crippen molar-refractivity contribution in [2.45, 2.75) is 213 Å². The highest BCUT2D eigenvalue weighted by molar-refractivity contribution is 5.33. The fourth-order valence-corrected chi connectivity index (χ4v) is 7.50. The monoisotopic (exact) mass is 715 g/mol. The van der Waals surface area contributed by atoms with Crippen molar-refractivity contribution in [3.05, 3.63) is 24.3 Å².